The lowest BCUT2D eigenvalue weighted by molar-refractivity contribution is 0.273. The predicted molar refractivity (Wildman–Crippen MR) is 65.4 cm³/mol. The van der Waals surface area contributed by atoms with Gasteiger partial charge in [-0.05, 0) is 12.8 Å². The van der Waals surface area contributed by atoms with E-state index in [0.29, 0.717) is 18.5 Å². The van der Waals surface area contributed by atoms with Gasteiger partial charge >= 0.3 is 7.67 Å². The van der Waals surface area contributed by atoms with Crippen LogP contribution in [0.4, 0.5) is 0 Å². The number of rotatable bonds is 7. The van der Waals surface area contributed by atoms with Gasteiger partial charge in [-0.3, -0.25) is 4.57 Å². The molecule has 2 aliphatic heterocycles. The largest absolute Gasteiger partial charge is 0.346 e. The second-order valence-electron chi connectivity index (χ2n) is 4.60. The van der Waals surface area contributed by atoms with Gasteiger partial charge in [0.25, 0.3) is 0 Å². The molecule has 17 heavy (non-hydrogen) atoms. The van der Waals surface area contributed by atoms with Crippen LogP contribution in [-0.4, -0.2) is 41.1 Å². The Labute approximate surface area is 103 Å². The van der Waals surface area contributed by atoms with Crippen LogP contribution < -0.4 is 0 Å². The van der Waals surface area contributed by atoms with E-state index in [0.717, 1.165) is 25.9 Å². The van der Waals surface area contributed by atoms with Crippen molar-refractivity contribution in [1.82, 2.24) is 9.34 Å². The second-order valence-corrected chi connectivity index (χ2v) is 6.87. The van der Waals surface area contributed by atoms with Gasteiger partial charge in [0.05, 0.1) is 19.1 Å². The van der Waals surface area contributed by atoms with Gasteiger partial charge in [-0.1, -0.05) is 13.8 Å². The fourth-order valence-corrected chi connectivity index (χ4v) is 5.01. The van der Waals surface area contributed by atoms with E-state index in [1.165, 1.54) is 0 Å². The zero-order chi connectivity index (χ0) is 12.5. The van der Waals surface area contributed by atoms with Crippen LogP contribution in [0, 0.1) is 11.3 Å². The molecule has 5 nitrogen and oxygen atoms in total. The second kappa shape index (κ2) is 5.07. The molecular formula is C11H20N3O2P. The summed E-state index contributed by atoms with van der Waals surface area (Å²) >= 11 is 0. The standard InChI is InChI=1S/C11H20N3O2P/c1-3-10-8-13(10)17(15,16-7-5-6-12)14-9-11(14)4-2/h10-11H,3-5,7-9H2,1-2H3. The van der Waals surface area contributed by atoms with Crippen LogP contribution in [0.15, 0.2) is 0 Å². The van der Waals surface area contributed by atoms with Crippen molar-refractivity contribution in [2.45, 2.75) is 45.2 Å². The molecule has 2 heterocycles. The summed E-state index contributed by atoms with van der Waals surface area (Å²) in [6, 6.07) is 2.83. The molecule has 0 spiro atoms. The summed E-state index contributed by atoms with van der Waals surface area (Å²) in [6.45, 7) is 6.21. The first-order valence-electron chi connectivity index (χ1n) is 6.33. The van der Waals surface area contributed by atoms with Crippen LogP contribution in [0.5, 0.6) is 0 Å². The Kier molecular flexibility index (Phi) is 3.89. The maximum Gasteiger partial charge on any atom is 0.346 e. The van der Waals surface area contributed by atoms with Gasteiger partial charge in [0, 0.05) is 25.2 Å². The molecule has 0 saturated carbocycles. The average Bonchev–Trinajstić information content (AvgIpc) is 3.20. The van der Waals surface area contributed by atoms with E-state index >= 15 is 0 Å². The van der Waals surface area contributed by atoms with Gasteiger partial charge in [-0.25, -0.2) is 9.34 Å². The lowest BCUT2D eigenvalue weighted by atomic mass is 10.4. The monoisotopic (exact) mass is 257 g/mol. The fraction of sp³-hybridized carbons (Fsp3) is 0.909. The third-order valence-corrected chi connectivity index (χ3v) is 6.23. The van der Waals surface area contributed by atoms with E-state index in [-0.39, 0.29) is 6.61 Å². The van der Waals surface area contributed by atoms with E-state index in [4.69, 9.17) is 9.79 Å². The maximum atomic E-state index is 12.9. The molecule has 0 aromatic rings. The SMILES string of the molecule is CCC1CN1P(=O)(OCCC#N)N1CC1CC. The van der Waals surface area contributed by atoms with Crippen molar-refractivity contribution in [3.63, 3.8) is 0 Å². The van der Waals surface area contributed by atoms with Crippen LogP contribution >= 0.6 is 7.67 Å². The third-order valence-electron chi connectivity index (χ3n) is 3.44. The lowest BCUT2D eigenvalue weighted by Gasteiger charge is -2.21. The Morgan fingerprint density at radius 2 is 1.82 bits per heavy atom. The normalized spacial score (nSPS) is 38.2. The molecule has 0 amide bonds. The van der Waals surface area contributed by atoms with Gasteiger partial charge in [0.15, 0.2) is 0 Å². The summed E-state index contributed by atoms with van der Waals surface area (Å²) in [5.41, 5.74) is 0. The predicted octanol–water partition coefficient (Wildman–Crippen LogP) is 2.21. The number of hydrogen-bond donors (Lipinski definition) is 0. The van der Waals surface area contributed by atoms with Crippen molar-refractivity contribution in [3.05, 3.63) is 0 Å². The van der Waals surface area contributed by atoms with Gasteiger partial charge in [-0.15, -0.1) is 0 Å². The minimum atomic E-state index is -2.80. The molecule has 0 bridgehead atoms. The van der Waals surface area contributed by atoms with Crippen molar-refractivity contribution in [2.24, 2.45) is 0 Å². The Morgan fingerprint density at radius 1 is 1.29 bits per heavy atom. The van der Waals surface area contributed by atoms with Gasteiger partial charge in [0.1, 0.15) is 0 Å². The first-order valence-corrected chi connectivity index (χ1v) is 7.86. The summed E-state index contributed by atoms with van der Waals surface area (Å²) in [5.74, 6) is 0. The minimum absolute atomic E-state index is 0.271. The molecule has 2 saturated heterocycles. The molecule has 2 fully saturated rings. The zero-order valence-electron chi connectivity index (χ0n) is 10.5. The van der Waals surface area contributed by atoms with Crippen LogP contribution in [-0.2, 0) is 9.09 Å². The van der Waals surface area contributed by atoms with Crippen LogP contribution in [0.1, 0.15) is 33.1 Å². The molecule has 4 atom stereocenters. The average molecular weight is 257 g/mol. The van der Waals surface area contributed by atoms with E-state index in [1.54, 1.807) is 0 Å². The molecule has 0 N–H and O–H groups in total. The van der Waals surface area contributed by atoms with E-state index < -0.39 is 7.67 Å². The first-order chi connectivity index (χ1) is 8.17. The van der Waals surface area contributed by atoms with E-state index in [1.807, 2.05) is 15.4 Å². The van der Waals surface area contributed by atoms with Gasteiger partial charge in [-0.2, -0.15) is 5.26 Å². The molecule has 0 aromatic carbocycles. The molecule has 0 aliphatic carbocycles. The molecule has 2 rings (SSSR count). The molecule has 0 radical (unpaired) electrons. The van der Waals surface area contributed by atoms with Crippen molar-refractivity contribution in [1.29, 1.82) is 5.26 Å². The highest BCUT2D eigenvalue weighted by molar-refractivity contribution is 7.54. The summed E-state index contributed by atoms with van der Waals surface area (Å²) in [5, 5.41) is 8.52. The first kappa shape index (κ1) is 13.0. The number of nitriles is 1. The van der Waals surface area contributed by atoms with Crippen molar-refractivity contribution in [2.75, 3.05) is 19.7 Å². The third kappa shape index (κ3) is 2.56. The quantitative estimate of drug-likeness (QED) is 0.397. The number of hydrogen-bond acceptors (Lipinski definition) is 3. The molecular weight excluding hydrogens is 237 g/mol. The van der Waals surface area contributed by atoms with Crippen LogP contribution in [0.2, 0.25) is 0 Å². The Bertz CT molecular complexity index is 346. The summed E-state index contributed by atoms with van der Waals surface area (Å²) in [4.78, 5) is 0. The molecule has 0 aromatic heterocycles. The molecule has 4 unspecified atom stereocenters. The topological polar surface area (TPSA) is 56.1 Å². The minimum Gasteiger partial charge on any atom is -0.305 e. The van der Waals surface area contributed by atoms with Gasteiger partial charge in [0.2, 0.25) is 0 Å². The fourth-order valence-electron chi connectivity index (χ4n) is 2.14. The van der Waals surface area contributed by atoms with Crippen molar-refractivity contribution in [3.8, 4) is 6.07 Å². The Balaban J connectivity index is 1.98. The van der Waals surface area contributed by atoms with Crippen LogP contribution in [0.25, 0.3) is 0 Å². The van der Waals surface area contributed by atoms with Crippen LogP contribution in [0.3, 0.4) is 0 Å². The smallest absolute Gasteiger partial charge is 0.305 e. The molecule has 6 heteroatoms. The zero-order valence-corrected chi connectivity index (χ0v) is 11.4. The molecule has 2 aliphatic rings. The van der Waals surface area contributed by atoms with Crippen molar-refractivity contribution >= 4 is 7.67 Å². The highest BCUT2D eigenvalue weighted by atomic mass is 31.2. The van der Waals surface area contributed by atoms with Crippen molar-refractivity contribution < 1.29 is 9.09 Å². The maximum absolute atomic E-state index is 12.9. The van der Waals surface area contributed by atoms with E-state index in [9.17, 15) is 4.57 Å². The molecule has 96 valence electrons. The summed E-state index contributed by atoms with van der Waals surface area (Å²) in [7, 11) is -2.80. The highest BCUT2D eigenvalue weighted by Gasteiger charge is 2.57. The Morgan fingerprint density at radius 3 is 2.18 bits per heavy atom. The van der Waals surface area contributed by atoms with E-state index in [2.05, 4.69) is 13.8 Å². The highest BCUT2D eigenvalue weighted by Crippen LogP contribution is 2.65. The Hall–Kier alpha value is -0.400. The lowest BCUT2D eigenvalue weighted by Crippen LogP contribution is -2.12. The van der Waals surface area contributed by atoms with Gasteiger partial charge < -0.3 is 4.52 Å². The number of nitrogens with zero attached hydrogens (tertiary/aromatic N) is 3. The summed E-state index contributed by atoms with van der Waals surface area (Å²) in [6.07, 6.45) is 2.33. The summed E-state index contributed by atoms with van der Waals surface area (Å²) < 4.78 is 22.4.